The SMILES string of the molecule is O=C(Nc1ncn(Cc2c(Cl)cccc2Cl)n1)c1ccn(COc2ccc(Br)cc2)n1. The number of hydrogen-bond donors (Lipinski definition) is 1. The van der Waals surface area contributed by atoms with Crippen molar-refractivity contribution in [2.45, 2.75) is 13.3 Å². The van der Waals surface area contributed by atoms with Crippen molar-refractivity contribution < 1.29 is 9.53 Å². The van der Waals surface area contributed by atoms with Crippen LogP contribution in [0.1, 0.15) is 16.1 Å². The lowest BCUT2D eigenvalue weighted by molar-refractivity contribution is 0.101. The van der Waals surface area contributed by atoms with Gasteiger partial charge in [0.2, 0.25) is 5.95 Å². The van der Waals surface area contributed by atoms with Crippen molar-refractivity contribution in [3.63, 3.8) is 0 Å². The number of ether oxygens (including phenoxy) is 1. The number of carbonyl (C=O) groups is 1. The van der Waals surface area contributed by atoms with Crippen LogP contribution in [-0.2, 0) is 13.3 Å². The maximum Gasteiger partial charge on any atom is 0.278 e. The van der Waals surface area contributed by atoms with Gasteiger partial charge in [0.15, 0.2) is 12.4 Å². The first-order valence-electron chi connectivity index (χ1n) is 9.03. The van der Waals surface area contributed by atoms with Crippen molar-refractivity contribution in [2.24, 2.45) is 0 Å². The third-order valence-corrected chi connectivity index (χ3v) is 5.43. The second-order valence-electron chi connectivity index (χ2n) is 6.39. The Bertz CT molecular complexity index is 1190. The van der Waals surface area contributed by atoms with Gasteiger partial charge < -0.3 is 4.74 Å². The van der Waals surface area contributed by atoms with Gasteiger partial charge in [0.05, 0.1) is 6.54 Å². The Kier molecular flexibility index (Phi) is 6.55. The smallest absolute Gasteiger partial charge is 0.278 e. The molecular weight excluding hydrogens is 507 g/mol. The van der Waals surface area contributed by atoms with Crippen LogP contribution in [0.25, 0.3) is 0 Å². The number of anilines is 1. The third-order valence-electron chi connectivity index (χ3n) is 4.19. The predicted octanol–water partition coefficient (Wildman–Crippen LogP) is 4.88. The summed E-state index contributed by atoms with van der Waals surface area (Å²) in [5, 5.41) is 12.1. The second kappa shape index (κ2) is 9.51. The van der Waals surface area contributed by atoms with Crippen LogP contribution < -0.4 is 10.1 Å². The van der Waals surface area contributed by atoms with Crippen LogP contribution in [0.2, 0.25) is 10.0 Å². The van der Waals surface area contributed by atoms with Gasteiger partial charge >= 0.3 is 0 Å². The number of rotatable bonds is 7. The Labute approximate surface area is 195 Å². The molecular formula is C20H15BrCl2N6O2. The number of amides is 1. The number of halogens is 3. The molecule has 0 atom stereocenters. The lowest BCUT2D eigenvalue weighted by atomic mass is 10.2. The number of aromatic nitrogens is 5. The molecule has 0 radical (unpaired) electrons. The van der Waals surface area contributed by atoms with Gasteiger partial charge in [-0.1, -0.05) is 45.2 Å². The third kappa shape index (κ3) is 5.43. The zero-order valence-electron chi connectivity index (χ0n) is 15.9. The topological polar surface area (TPSA) is 86.9 Å². The van der Waals surface area contributed by atoms with Crippen molar-refractivity contribution >= 4 is 51.0 Å². The maximum atomic E-state index is 12.5. The van der Waals surface area contributed by atoms with E-state index in [1.54, 1.807) is 30.5 Å². The first-order valence-corrected chi connectivity index (χ1v) is 10.6. The van der Waals surface area contributed by atoms with Crippen LogP contribution in [0.4, 0.5) is 5.95 Å². The van der Waals surface area contributed by atoms with Crippen molar-refractivity contribution in [1.29, 1.82) is 0 Å². The van der Waals surface area contributed by atoms with Crippen molar-refractivity contribution in [3.8, 4) is 5.75 Å². The van der Waals surface area contributed by atoms with E-state index in [0.29, 0.717) is 22.3 Å². The zero-order valence-corrected chi connectivity index (χ0v) is 19.0. The fraction of sp³-hybridized carbons (Fsp3) is 0.100. The first kappa shape index (κ1) is 21.4. The second-order valence-corrected chi connectivity index (χ2v) is 8.12. The van der Waals surface area contributed by atoms with E-state index in [-0.39, 0.29) is 18.4 Å². The average Bonchev–Trinajstić information content (AvgIpc) is 3.40. The number of hydrogen-bond acceptors (Lipinski definition) is 5. The summed E-state index contributed by atoms with van der Waals surface area (Å²) in [6.45, 7) is 0.490. The van der Waals surface area contributed by atoms with E-state index < -0.39 is 5.91 Å². The quantitative estimate of drug-likeness (QED) is 0.374. The molecule has 0 unspecified atom stereocenters. The number of nitrogens with one attached hydrogen (secondary N) is 1. The predicted molar refractivity (Wildman–Crippen MR) is 121 cm³/mol. The molecule has 0 aliphatic heterocycles. The highest BCUT2D eigenvalue weighted by atomic mass is 79.9. The highest BCUT2D eigenvalue weighted by molar-refractivity contribution is 9.10. The molecule has 0 saturated heterocycles. The van der Waals surface area contributed by atoms with Gasteiger partial charge in [-0.15, -0.1) is 5.10 Å². The van der Waals surface area contributed by atoms with E-state index in [1.807, 2.05) is 24.3 Å². The zero-order chi connectivity index (χ0) is 21.8. The number of carbonyl (C=O) groups excluding carboxylic acids is 1. The molecule has 0 saturated carbocycles. The van der Waals surface area contributed by atoms with Gasteiger partial charge in [-0.05, 0) is 42.5 Å². The summed E-state index contributed by atoms with van der Waals surface area (Å²) >= 11 is 15.7. The van der Waals surface area contributed by atoms with Crippen molar-refractivity contribution in [3.05, 3.63) is 86.8 Å². The molecule has 1 N–H and O–H groups in total. The van der Waals surface area contributed by atoms with Crippen LogP contribution in [-0.4, -0.2) is 30.5 Å². The van der Waals surface area contributed by atoms with Gasteiger partial charge in [-0.25, -0.2) is 14.3 Å². The Morgan fingerprint density at radius 3 is 2.52 bits per heavy atom. The Morgan fingerprint density at radius 1 is 1.03 bits per heavy atom. The van der Waals surface area contributed by atoms with Gasteiger partial charge in [0.1, 0.15) is 12.1 Å². The molecule has 2 aromatic heterocycles. The minimum Gasteiger partial charge on any atom is -0.471 e. The van der Waals surface area contributed by atoms with E-state index in [9.17, 15) is 4.79 Å². The molecule has 0 bridgehead atoms. The molecule has 11 heteroatoms. The largest absolute Gasteiger partial charge is 0.471 e. The summed E-state index contributed by atoms with van der Waals surface area (Å²) in [5.41, 5.74) is 0.933. The lowest BCUT2D eigenvalue weighted by Gasteiger charge is -2.06. The molecule has 4 rings (SSSR count). The van der Waals surface area contributed by atoms with Crippen LogP contribution in [0, 0.1) is 0 Å². The Hall–Kier alpha value is -2.88. The number of benzene rings is 2. The minimum atomic E-state index is -0.434. The standard InChI is InChI=1S/C20H15BrCl2N6O2/c21-13-4-6-14(7-5-13)31-12-28-9-8-18(26-28)19(30)25-20-24-11-29(27-20)10-15-16(22)2-1-3-17(15)23/h1-9,11H,10,12H2,(H,25,27,30). The fourth-order valence-corrected chi connectivity index (χ4v) is 3.45. The summed E-state index contributed by atoms with van der Waals surface area (Å²) in [5.74, 6) is 0.405. The van der Waals surface area contributed by atoms with Crippen LogP contribution in [0.5, 0.6) is 5.75 Å². The van der Waals surface area contributed by atoms with Crippen LogP contribution >= 0.6 is 39.1 Å². The highest BCUT2D eigenvalue weighted by Crippen LogP contribution is 2.25. The monoisotopic (exact) mass is 520 g/mol. The summed E-state index contributed by atoms with van der Waals surface area (Å²) < 4.78 is 9.65. The summed E-state index contributed by atoms with van der Waals surface area (Å²) in [6.07, 6.45) is 3.14. The van der Waals surface area contributed by atoms with E-state index in [2.05, 4.69) is 36.4 Å². The van der Waals surface area contributed by atoms with Gasteiger partial charge in [0.25, 0.3) is 5.91 Å². The molecule has 0 aliphatic rings. The molecule has 0 fully saturated rings. The fourth-order valence-electron chi connectivity index (χ4n) is 2.67. The Balaban J connectivity index is 1.35. The van der Waals surface area contributed by atoms with E-state index >= 15 is 0 Å². The van der Waals surface area contributed by atoms with Gasteiger partial charge in [-0.3, -0.25) is 10.1 Å². The van der Waals surface area contributed by atoms with E-state index in [4.69, 9.17) is 27.9 Å². The highest BCUT2D eigenvalue weighted by Gasteiger charge is 2.13. The maximum absolute atomic E-state index is 12.5. The molecule has 1 amide bonds. The van der Waals surface area contributed by atoms with Gasteiger partial charge in [-0.2, -0.15) is 5.10 Å². The average molecular weight is 522 g/mol. The molecule has 0 aliphatic carbocycles. The van der Waals surface area contributed by atoms with Crippen LogP contribution in [0.3, 0.4) is 0 Å². The molecule has 2 aromatic carbocycles. The lowest BCUT2D eigenvalue weighted by Crippen LogP contribution is -2.15. The first-order chi connectivity index (χ1) is 15.0. The molecule has 8 nitrogen and oxygen atoms in total. The Morgan fingerprint density at radius 2 is 1.77 bits per heavy atom. The molecule has 31 heavy (non-hydrogen) atoms. The molecule has 0 spiro atoms. The summed E-state index contributed by atoms with van der Waals surface area (Å²) in [4.78, 5) is 16.5. The van der Waals surface area contributed by atoms with E-state index in [0.717, 1.165) is 10.0 Å². The van der Waals surface area contributed by atoms with Crippen molar-refractivity contribution in [1.82, 2.24) is 24.5 Å². The molecule has 2 heterocycles. The molecule has 158 valence electrons. The van der Waals surface area contributed by atoms with Crippen LogP contribution in [0.15, 0.2) is 65.5 Å². The summed E-state index contributed by atoms with van der Waals surface area (Å²) in [6, 6.07) is 14.3. The normalized spacial score (nSPS) is 10.8. The number of nitrogens with zero attached hydrogens (tertiary/aromatic N) is 5. The van der Waals surface area contributed by atoms with E-state index in [1.165, 1.54) is 15.7 Å². The minimum absolute atomic E-state index is 0.147. The van der Waals surface area contributed by atoms with Crippen molar-refractivity contribution in [2.75, 3.05) is 5.32 Å². The van der Waals surface area contributed by atoms with Gasteiger partial charge in [0, 0.05) is 26.3 Å². The molecule has 4 aromatic rings. The summed E-state index contributed by atoms with van der Waals surface area (Å²) in [7, 11) is 0.